The van der Waals surface area contributed by atoms with Crippen molar-refractivity contribution in [3.8, 4) is 0 Å². The topological polar surface area (TPSA) is 87.0 Å². The minimum Gasteiger partial charge on any atom is -0.310 e. The molecular formula is C9H15N5O. The second-order valence-electron chi connectivity index (χ2n) is 3.93. The maximum atomic E-state index is 11.6. The fraction of sp³-hybridized carbons (Fsp3) is 0.556. The summed E-state index contributed by atoms with van der Waals surface area (Å²) in [6, 6.07) is 0.413. The number of carbonyl (C=O) groups excluding carboxylic acids is 1. The molecular weight excluding hydrogens is 194 g/mol. The smallest absolute Gasteiger partial charge is 0.288 e. The number of nitrogens with one attached hydrogen (secondary N) is 2. The van der Waals surface area contributed by atoms with E-state index in [1.54, 1.807) is 0 Å². The molecule has 2 heterocycles. The largest absolute Gasteiger partial charge is 0.310 e. The van der Waals surface area contributed by atoms with Crippen LogP contribution in [0.5, 0.6) is 0 Å². The van der Waals surface area contributed by atoms with Crippen LogP contribution in [0.2, 0.25) is 0 Å². The Morgan fingerprint density at radius 2 is 2.40 bits per heavy atom. The molecule has 0 spiro atoms. The molecule has 82 valence electrons. The van der Waals surface area contributed by atoms with Gasteiger partial charge in [-0.3, -0.25) is 14.9 Å². The van der Waals surface area contributed by atoms with Crippen molar-refractivity contribution in [1.29, 1.82) is 0 Å². The number of fused-ring (bicyclic) bond motifs is 1. The van der Waals surface area contributed by atoms with Gasteiger partial charge in [-0.05, 0) is 6.92 Å². The lowest BCUT2D eigenvalue weighted by molar-refractivity contribution is 0.0788. The number of nitrogens with zero attached hydrogens (tertiary/aromatic N) is 2. The Hall–Kier alpha value is -1.40. The van der Waals surface area contributed by atoms with Crippen LogP contribution in [0.25, 0.3) is 0 Å². The van der Waals surface area contributed by atoms with E-state index in [0.29, 0.717) is 18.3 Å². The zero-order valence-corrected chi connectivity index (χ0v) is 8.87. The summed E-state index contributed by atoms with van der Waals surface area (Å²) in [7, 11) is 1.52. The summed E-state index contributed by atoms with van der Waals surface area (Å²) in [5.41, 5.74) is 2.40. The average Bonchev–Trinajstić information content (AvgIpc) is 2.59. The fourth-order valence-corrected chi connectivity index (χ4v) is 1.76. The van der Waals surface area contributed by atoms with Crippen molar-refractivity contribution in [2.75, 3.05) is 7.05 Å². The van der Waals surface area contributed by atoms with Crippen molar-refractivity contribution in [1.82, 2.24) is 20.5 Å². The van der Waals surface area contributed by atoms with Crippen LogP contribution in [0.3, 0.4) is 0 Å². The predicted molar refractivity (Wildman–Crippen MR) is 54.9 cm³/mol. The number of rotatable bonds is 1. The third-order valence-electron chi connectivity index (χ3n) is 2.61. The van der Waals surface area contributed by atoms with Gasteiger partial charge in [0.2, 0.25) is 0 Å². The Morgan fingerprint density at radius 3 is 3.07 bits per heavy atom. The van der Waals surface area contributed by atoms with Gasteiger partial charge in [-0.15, -0.1) is 0 Å². The molecule has 6 heteroatoms. The van der Waals surface area contributed by atoms with Crippen molar-refractivity contribution in [2.24, 2.45) is 5.84 Å². The Labute approximate surface area is 87.8 Å². The lowest BCUT2D eigenvalue weighted by atomic mass is 10.0. The molecule has 0 radical (unpaired) electrons. The summed E-state index contributed by atoms with van der Waals surface area (Å²) in [5, 5.41) is 11.3. The van der Waals surface area contributed by atoms with E-state index in [0.717, 1.165) is 22.7 Å². The number of amides is 1. The molecule has 1 aliphatic heterocycles. The van der Waals surface area contributed by atoms with Crippen molar-refractivity contribution >= 4 is 5.91 Å². The first-order valence-electron chi connectivity index (χ1n) is 4.92. The van der Waals surface area contributed by atoms with Gasteiger partial charge >= 0.3 is 0 Å². The highest BCUT2D eigenvalue weighted by Crippen LogP contribution is 2.18. The Morgan fingerprint density at radius 1 is 1.67 bits per heavy atom. The molecule has 1 aliphatic rings. The van der Waals surface area contributed by atoms with Gasteiger partial charge in [-0.2, -0.15) is 5.10 Å². The van der Waals surface area contributed by atoms with Crippen LogP contribution < -0.4 is 11.2 Å². The van der Waals surface area contributed by atoms with Gasteiger partial charge in [-0.25, -0.2) is 5.84 Å². The third kappa shape index (κ3) is 1.73. The average molecular weight is 209 g/mol. The molecule has 0 bridgehead atoms. The number of aromatic nitrogens is 2. The van der Waals surface area contributed by atoms with Crippen molar-refractivity contribution in [3.05, 3.63) is 17.0 Å². The summed E-state index contributed by atoms with van der Waals surface area (Å²) in [4.78, 5) is 11.6. The highest BCUT2D eigenvalue weighted by Gasteiger charge is 2.24. The number of hydrogen-bond acceptors (Lipinski definition) is 4. The van der Waals surface area contributed by atoms with E-state index < -0.39 is 0 Å². The first-order chi connectivity index (χ1) is 7.09. The van der Waals surface area contributed by atoms with Gasteiger partial charge in [0, 0.05) is 37.3 Å². The molecule has 1 aromatic rings. The zero-order chi connectivity index (χ0) is 11.0. The van der Waals surface area contributed by atoms with Crippen LogP contribution >= 0.6 is 0 Å². The first kappa shape index (κ1) is 10.1. The van der Waals surface area contributed by atoms with Gasteiger partial charge in [-0.1, -0.05) is 0 Å². The number of carbonyl (C=O) groups is 1. The van der Waals surface area contributed by atoms with E-state index in [1.165, 1.54) is 7.05 Å². The molecule has 1 aromatic heterocycles. The molecule has 0 fully saturated rings. The maximum Gasteiger partial charge on any atom is 0.288 e. The fourth-order valence-electron chi connectivity index (χ4n) is 1.76. The zero-order valence-electron chi connectivity index (χ0n) is 8.87. The normalized spacial score (nSPS) is 19.8. The van der Waals surface area contributed by atoms with Gasteiger partial charge in [0.25, 0.3) is 5.91 Å². The van der Waals surface area contributed by atoms with Crippen molar-refractivity contribution in [3.63, 3.8) is 0 Å². The van der Waals surface area contributed by atoms with E-state index in [1.807, 2.05) is 0 Å². The van der Waals surface area contributed by atoms with Crippen molar-refractivity contribution < 1.29 is 4.79 Å². The summed E-state index contributed by atoms with van der Waals surface area (Å²) in [6.07, 6.45) is 0.865. The number of nitrogens with two attached hydrogens (primary N) is 1. The highest BCUT2D eigenvalue weighted by molar-refractivity contribution is 5.93. The van der Waals surface area contributed by atoms with Crippen LogP contribution in [-0.2, 0) is 13.0 Å². The van der Waals surface area contributed by atoms with Crippen LogP contribution in [0.15, 0.2) is 0 Å². The first-order valence-corrected chi connectivity index (χ1v) is 4.92. The monoisotopic (exact) mass is 209 g/mol. The Kier molecular flexibility index (Phi) is 2.45. The van der Waals surface area contributed by atoms with E-state index in [9.17, 15) is 4.79 Å². The molecule has 1 atom stereocenters. The van der Waals surface area contributed by atoms with E-state index in [2.05, 4.69) is 22.4 Å². The lowest BCUT2D eigenvalue weighted by Gasteiger charge is -2.20. The second-order valence-corrected chi connectivity index (χ2v) is 3.93. The van der Waals surface area contributed by atoms with Gasteiger partial charge in [0.15, 0.2) is 5.69 Å². The Bertz CT molecular complexity index is 384. The molecule has 0 saturated carbocycles. The van der Waals surface area contributed by atoms with E-state index in [-0.39, 0.29) is 5.91 Å². The standard InChI is InChI=1S/C9H15N5O/c1-5-3-7-6(4-11-5)8(13-12-7)9(15)14(2)10/h5,11H,3-4,10H2,1-2H3,(H,12,13)/t5-/m1/s1. The maximum absolute atomic E-state index is 11.6. The molecule has 0 unspecified atom stereocenters. The molecule has 6 nitrogen and oxygen atoms in total. The summed E-state index contributed by atoms with van der Waals surface area (Å²) in [6.45, 7) is 2.77. The SMILES string of the molecule is C[C@@H]1Cc2[nH]nc(C(=O)N(C)N)c2CN1. The molecule has 0 aliphatic carbocycles. The minimum absolute atomic E-state index is 0.260. The van der Waals surface area contributed by atoms with Gasteiger partial charge < -0.3 is 5.32 Å². The number of hydrazine groups is 1. The quantitative estimate of drug-likeness (QED) is 0.327. The van der Waals surface area contributed by atoms with Gasteiger partial charge in [0.1, 0.15) is 0 Å². The summed E-state index contributed by atoms with van der Waals surface area (Å²) in [5.74, 6) is 5.14. The van der Waals surface area contributed by atoms with E-state index >= 15 is 0 Å². The van der Waals surface area contributed by atoms with Crippen LogP contribution in [0.4, 0.5) is 0 Å². The van der Waals surface area contributed by atoms with E-state index in [4.69, 9.17) is 5.84 Å². The third-order valence-corrected chi connectivity index (χ3v) is 2.61. The number of aromatic amines is 1. The van der Waals surface area contributed by atoms with Crippen LogP contribution in [0, 0.1) is 0 Å². The molecule has 1 amide bonds. The molecule has 15 heavy (non-hydrogen) atoms. The van der Waals surface area contributed by atoms with Crippen LogP contribution in [-0.4, -0.2) is 34.2 Å². The summed E-state index contributed by atoms with van der Waals surface area (Å²) >= 11 is 0. The van der Waals surface area contributed by atoms with Crippen molar-refractivity contribution in [2.45, 2.75) is 25.9 Å². The summed E-state index contributed by atoms with van der Waals surface area (Å²) < 4.78 is 0. The molecule has 0 aromatic carbocycles. The predicted octanol–water partition coefficient (Wildman–Crippen LogP) is -0.610. The minimum atomic E-state index is -0.260. The molecule has 4 N–H and O–H groups in total. The molecule has 2 rings (SSSR count). The molecule has 0 saturated heterocycles. The highest BCUT2D eigenvalue weighted by atomic mass is 16.2. The van der Waals surface area contributed by atoms with Crippen LogP contribution in [0.1, 0.15) is 28.7 Å². The Balaban J connectivity index is 2.32. The number of hydrogen-bond donors (Lipinski definition) is 3. The van der Waals surface area contributed by atoms with Gasteiger partial charge in [0.05, 0.1) is 0 Å². The number of H-pyrrole nitrogens is 1. The second kappa shape index (κ2) is 3.63. The lowest BCUT2D eigenvalue weighted by Crippen LogP contribution is -2.36.